The van der Waals surface area contributed by atoms with Crippen LogP contribution in [0.15, 0.2) is 48.5 Å². The summed E-state index contributed by atoms with van der Waals surface area (Å²) in [6, 6.07) is 12.2. The lowest BCUT2D eigenvalue weighted by Gasteiger charge is -2.39. The normalized spacial score (nSPS) is 19.3. The Morgan fingerprint density at radius 2 is 1.85 bits per heavy atom. The van der Waals surface area contributed by atoms with Crippen molar-refractivity contribution in [2.75, 3.05) is 6.54 Å². The van der Waals surface area contributed by atoms with Crippen molar-refractivity contribution in [1.82, 2.24) is 5.32 Å². The first-order valence-corrected chi connectivity index (χ1v) is 9.04. The summed E-state index contributed by atoms with van der Waals surface area (Å²) in [6.07, 6.45) is -4.60. The van der Waals surface area contributed by atoms with E-state index in [2.05, 4.69) is 5.32 Å². The molecule has 1 fully saturated rings. The molecule has 1 aliphatic heterocycles. The van der Waals surface area contributed by atoms with Crippen LogP contribution < -0.4 is 5.32 Å². The van der Waals surface area contributed by atoms with Gasteiger partial charge in [0.1, 0.15) is 6.10 Å². The third kappa shape index (κ3) is 3.63. The number of cyclic esters (lactones) is 1. The van der Waals surface area contributed by atoms with Gasteiger partial charge in [-0.05, 0) is 29.7 Å². The molecule has 1 heterocycles. The van der Waals surface area contributed by atoms with Crippen LogP contribution in [0.25, 0.3) is 0 Å². The van der Waals surface area contributed by atoms with Crippen LogP contribution in [0.2, 0.25) is 5.02 Å². The molecule has 2 atom stereocenters. The summed E-state index contributed by atoms with van der Waals surface area (Å²) in [5.74, 6) is 0. The molecule has 1 N–H and O–H groups in total. The summed E-state index contributed by atoms with van der Waals surface area (Å²) in [7, 11) is 0. The zero-order valence-corrected chi connectivity index (χ0v) is 15.4. The Kier molecular flexibility index (Phi) is 5.38. The molecule has 0 aliphatic carbocycles. The van der Waals surface area contributed by atoms with Crippen molar-refractivity contribution in [3.05, 3.63) is 70.2 Å². The zero-order valence-electron chi connectivity index (χ0n) is 14.6. The number of alkyl halides is 3. The van der Waals surface area contributed by atoms with E-state index in [-0.39, 0.29) is 6.54 Å². The fourth-order valence-electron chi connectivity index (χ4n) is 3.81. The van der Waals surface area contributed by atoms with Crippen LogP contribution in [-0.4, -0.2) is 18.7 Å². The van der Waals surface area contributed by atoms with E-state index >= 15 is 0 Å². The number of benzene rings is 2. The molecule has 3 rings (SSSR count). The van der Waals surface area contributed by atoms with Gasteiger partial charge in [-0.3, -0.25) is 0 Å². The van der Waals surface area contributed by atoms with Crippen LogP contribution in [0.1, 0.15) is 36.5 Å². The highest BCUT2D eigenvalue weighted by Gasteiger charge is 2.48. The lowest BCUT2D eigenvalue weighted by Crippen LogP contribution is -2.43. The number of amides is 1. The van der Waals surface area contributed by atoms with Gasteiger partial charge in [0, 0.05) is 5.02 Å². The minimum absolute atomic E-state index is 0.195. The summed E-state index contributed by atoms with van der Waals surface area (Å²) >= 11 is 6.46. The van der Waals surface area contributed by atoms with Gasteiger partial charge in [0.15, 0.2) is 0 Å². The Labute approximate surface area is 160 Å². The lowest BCUT2D eigenvalue weighted by atomic mass is 9.67. The highest BCUT2D eigenvalue weighted by atomic mass is 35.5. The van der Waals surface area contributed by atoms with Gasteiger partial charge in [0.25, 0.3) is 0 Å². The molecule has 0 radical (unpaired) electrons. The molecule has 1 saturated heterocycles. The van der Waals surface area contributed by atoms with Gasteiger partial charge >= 0.3 is 12.3 Å². The van der Waals surface area contributed by atoms with Crippen LogP contribution in [0.4, 0.5) is 18.0 Å². The topological polar surface area (TPSA) is 38.3 Å². The quantitative estimate of drug-likeness (QED) is 0.718. The number of halogens is 4. The van der Waals surface area contributed by atoms with Gasteiger partial charge in [-0.15, -0.1) is 0 Å². The predicted octanol–water partition coefficient (Wildman–Crippen LogP) is 5.55. The molecule has 0 aromatic heterocycles. The molecule has 27 heavy (non-hydrogen) atoms. The maximum Gasteiger partial charge on any atom is 0.416 e. The average molecular weight is 398 g/mol. The van der Waals surface area contributed by atoms with Crippen LogP contribution in [-0.2, 0) is 16.3 Å². The summed E-state index contributed by atoms with van der Waals surface area (Å²) in [4.78, 5) is 11.7. The van der Waals surface area contributed by atoms with Crippen molar-refractivity contribution in [3.8, 4) is 0 Å². The molecule has 2 aromatic carbocycles. The Morgan fingerprint density at radius 1 is 1.15 bits per heavy atom. The van der Waals surface area contributed by atoms with Crippen molar-refractivity contribution in [2.45, 2.75) is 37.5 Å². The fourth-order valence-corrected chi connectivity index (χ4v) is 4.11. The standard InChI is InChI=1S/C20H19ClF3NO2/c1-2-10-19(17-12-25-18(26)27-17,15-8-3-4-9-16(15)21)13-6-5-7-14(11-13)20(22,23)24/h3-9,11,17H,2,10,12H2,1H3,(H,25,26). The molecule has 0 bridgehead atoms. The van der Waals surface area contributed by atoms with Gasteiger partial charge in [0.2, 0.25) is 0 Å². The average Bonchev–Trinajstić information content (AvgIpc) is 3.06. The SMILES string of the molecule is CCCC(c1cccc(C(F)(F)F)c1)(c1ccccc1Cl)C1CNC(=O)O1. The molecule has 1 aliphatic rings. The van der Waals surface area contributed by atoms with Crippen molar-refractivity contribution >= 4 is 17.7 Å². The van der Waals surface area contributed by atoms with Crippen LogP contribution in [0.3, 0.4) is 0 Å². The van der Waals surface area contributed by atoms with Crippen LogP contribution in [0.5, 0.6) is 0 Å². The monoisotopic (exact) mass is 397 g/mol. The minimum Gasteiger partial charge on any atom is -0.443 e. The van der Waals surface area contributed by atoms with Gasteiger partial charge < -0.3 is 10.1 Å². The number of rotatable bonds is 5. The smallest absolute Gasteiger partial charge is 0.416 e. The number of hydrogen-bond donors (Lipinski definition) is 1. The molecule has 2 aromatic rings. The van der Waals surface area contributed by atoms with Crippen LogP contribution >= 0.6 is 11.6 Å². The number of carbonyl (C=O) groups is 1. The Hall–Kier alpha value is -2.21. The van der Waals surface area contributed by atoms with E-state index in [9.17, 15) is 18.0 Å². The lowest BCUT2D eigenvalue weighted by molar-refractivity contribution is -0.137. The Balaban J connectivity index is 2.27. The van der Waals surface area contributed by atoms with Gasteiger partial charge in [-0.1, -0.05) is 61.3 Å². The van der Waals surface area contributed by atoms with E-state index in [0.717, 1.165) is 12.1 Å². The van der Waals surface area contributed by atoms with Crippen molar-refractivity contribution in [3.63, 3.8) is 0 Å². The van der Waals surface area contributed by atoms with Gasteiger partial charge in [-0.2, -0.15) is 13.2 Å². The Morgan fingerprint density at radius 3 is 2.44 bits per heavy atom. The van der Waals surface area contributed by atoms with E-state index in [4.69, 9.17) is 16.3 Å². The van der Waals surface area contributed by atoms with Crippen molar-refractivity contribution in [1.29, 1.82) is 0 Å². The predicted molar refractivity (Wildman–Crippen MR) is 96.9 cm³/mol. The van der Waals surface area contributed by atoms with E-state index < -0.39 is 29.4 Å². The second kappa shape index (κ2) is 7.43. The van der Waals surface area contributed by atoms with E-state index in [1.807, 2.05) is 6.92 Å². The second-order valence-corrected chi connectivity index (χ2v) is 6.96. The summed E-state index contributed by atoms with van der Waals surface area (Å²) in [5.41, 5.74) is -0.666. The molecular formula is C20H19ClF3NO2. The highest BCUT2D eigenvalue weighted by Crippen LogP contribution is 2.46. The first kappa shape index (κ1) is 19.5. The zero-order chi connectivity index (χ0) is 19.7. The van der Waals surface area contributed by atoms with Crippen molar-refractivity contribution < 1.29 is 22.7 Å². The number of alkyl carbamates (subject to hydrolysis) is 1. The second-order valence-electron chi connectivity index (χ2n) is 6.55. The third-order valence-electron chi connectivity index (χ3n) is 4.93. The fraction of sp³-hybridized carbons (Fsp3) is 0.350. The van der Waals surface area contributed by atoms with E-state index in [1.165, 1.54) is 6.07 Å². The molecule has 144 valence electrons. The molecule has 3 nitrogen and oxygen atoms in total. The van der Waals surface area contributed by atoms with Gasteiger partial charge in [-0.25, -0.2) is 4.79 Å². The molecular weight excluding hydrogens is 379 g/mol. The maximum atomic E-state index is 13.3. The van der Waals surface area contributed by atoms with Gasteiger partial charge in [0.05, 0.1) is 17.5 Å². The molecule has 0 spiro atoms. The first-order valence-electron chi connectivity index (χ1n) is 8.66. The molecule has 2 unspecified atom stereocenters. The van der Waals surface area contributed by atoms with Crippen LogP contribution in [0, 0.1) is 0 Å². The van der Waals surface area contributed by atoms with E-state index in [1.54, 1.807) is 30.3 Å². The summed E-state index contributed by atoms with van der Waals surface area (Å²) in [5, 5.41) is 3.03. The van der Waals surface area contributed by atoms with E-state index in [0.29, 0.717) is 29.0 Å². The summed E-state index contributed by atoms with van der Waals surface area (Å²) < 4.78 is 45.5. The summed E-state index contributed by atoms with van der Waals surface area (Å²) in [6.45, 7) is 2.13. The van der Waals surface area contributed by atoms with Crippen molar-refractivity contribution in [2.24, 2.45) is 0 Å². The number of hydrogen-bond acceptors (Lipinski definition) is 2. The highest BCUT2D eigenvalue weighted by molar-refractivity contribution is 6.31. The number of carbonyl (C=O) groups excluding carboxylic acids is 1. The molecule has 0 saturated carbocycles. The largest absolute Gasteiger partial charge is 0.443 e. The first-order chi connectivity index (χ1) is 12.8. The Bertz CT molecular complexity index is 840. The number of nitrogens with one attached hydrogen (secondary N) is 1. The third-order valence-corrected chi connectivity index (χ3v) is 5.26. The number of ether oxygens (including phenoxy) is 1. The minimum atomic E-state index is -4.47. The molecule has 7 heteroatoms. The maximum absolute atomic E-state index is 13.3. The molecule has 1 amide bonds.